The van der Waals surface area contributed by atoms with Crippen LogP contribution in [-0.4, -0.2) is 15.0 Å². The summed E-state index contributed by atoms with van der Waals surface area (Å²) in [5.74, 6) is 0.469. The zero-order chi connectivity index (χ0) is 13.9. The van der Waals surface area contributed by atoms with Gasteiger partial charge >= 0.3 is 0 Å². The van der Waals surface area contributed by atoms with E-state index in [0.29, 0.717) is 23.0 Å². The minimum absolute atomic E-state index is 0.227. The van der Waals surface area contributed by atoms with Crippen molar-refractivity contribution >= 4 is 21.6 Å². The van der Waals surface area contributed by atoms with E-state index in [-0.39, 0.29) is 11.4 Å². The van der Waals surface area contributed by atoms with E-state index in [4.69, 9.17) is 17.3 Å². The number of sulfonamides is 1. The molecule has 1 aromatic rings. The largest absolute Gasteiger partial charge is 0.326 e. The fourth-order valence-electron chi connectivity index (χ4n) is 2.40. The molecule has 106 valence electrons. The topological polar surface area (TPSA) is 72.2 Å². The number of halogens is 1. The van der Waals surface area contributed by atoms with Gasteiger partial charge < -0.3 is 5.73 Å². The first-order valence-corrected chi connectivity index (χ1v) is 8.37. The fourth-order valence-corrected chi connectivity index (χ4v) is 3.76. The third kappa shape index (κ3) is 3.69. The van der Waals surface area contributed by atoms with Gasteiger partial charge in [0.15, 0.2) is 0 Å². The number of rotatable bonds is 5. The molecule has 0 atom stereocenters. The molecule has 0 amide bonds. The normalized spacial score (nSPS) is 16.9. The SMILES string of the molecule is NCc1cc(S(=O)(=O)NCC2CCCC2)ccc1Cl. The summed E-state index contributed by atoms with van der Waals surface area (Å²) in [6.07, 6.45) is 4.61. The molecule has 0 bridgehead atoms. The molecular formula is C13H19ClN2O2S. The van der Waals surface area contributed by atoms with Crippen molar-refractivity contribution in [2.24, 2.45) is 11.7 Å². The van der Waals surface area contributed by atoms with E-state index in [1.807, 2.05) is 0 Å². The Bertz CT molecular complexity index is 540. The van der Waals surface area contributed by atoms with Gasteiger partial charge in [-0.2, -0.15) is 0 Å². The second-order valence-corrected chi connectivity index (χ2v) is 7.13. The fraction of sp³-hybridized carbons (Fsp3) is 0.538. The lowest BCUT2D eigenvalue weighted by Crippen LogP contribution is -2.28. The molecule has 0 aliphatic heterocycles. The third-order valence-corrected chi connectivity index (χ3v) is 5.37. The Morgan fingerprint density at radius 1 is 1.32 bits per heavy atom. The first-order chi connectivity index (χ1) is 9.03. The van der Waals surface area contributed by atoms with Crippen molar-refractivity contribution in [3.63, 3.8) is 0 Å². The molecule has 3 N–H and O–H groups in total. The zero-order valence-corrected chi connectivity index (χ0v) is 12.3. The van der Waals surface area contributed by atoms with E-state index in [1.165, 1.54) is 18.9 Å². The van der Waals surface area contributed by atoms with Gasteiger partial charge in [-0.05, 0) is 42.5 Å². The van der Waals surface area contributed by atoms with Crippen molar-refractivity contribution in [2.45, 2.75) is 37.1 Å². The van der Waals surface area contributed by atoms with Gasteiger partial charge in [-0.3, -0.25) is 0 Å². The van der Waals surface area contributed by atoms with Crippen molar-refractivity contribution < 1.29 is 8.42 Å². The van der Waals surface area contributed by atoms with Crippen molar-refractivity contribution in [1.29, 1.82) is 0 Å². The molecule has 1 aliphatic rings. The quantitative estimate of drug-likeness (QED) is 0.876. The Morgan fingerprint density at radius 3 is 2.63 bits per heavy atom. The Morgan fingerprint density at radius 2 is 2.00 bits per heavy atom. The van der Waals surface area contributed by atoms with E-state index in [2.05, 4.69) is 4.72 Å². The minimum atomic E-state index is -3.46. The maximum absolute atomic E-state index is 12.2. The van der Waals surface area contributed by atoms with Crippen LogP contribution in [0.15, 0.2) is 23.1 Å². The highest BCUT2D eigenvalue weighted by atomic mass is 35.5. The molecule has 0 unspecified atom stereocenters. The average molecular weight is 303 g/mol. The van der Waals surface area contributed by atoms with Crippen LogP contribution in [0.2, 0.25) is 5.02 Å². The molecule has 1 aliphatic carbocycles. The molecule has 6 heteroatoms. The number of benzene rings is 1. The summed E-state index contributed by atoms with van der Waals surface area (Å²) in [5, 5.41) is 0.497. The van der Waals surface area contributed by atoms with Crippen molar-refractivity contribution in [3.8, 4) is 0 Å². The van der Waals surface area contributed by atoms with Gasteiger partial charge in [0.25, 0.3) is 0 Å². The zero-order valence-electron chi connectivity index (χ0n) is 10.7. The van der Waals surface area contributed by atoms with E-state index >= 15 is 0 Å². The monoisotopic (exact) mass is 302 g/mol. The smallest absolute Gasteiger partial charge is 0.240 e. The van der Waals surface area contributed by atoms with Crippen molar-refractivity contribution in [3.05, 3.63) is 28.8 Å². The lowest BCUT2D eigenvalue weighted by atomic mass is 10.1. The highest BCUT2D eigenvalue weighted by molar-refractivity contribution is 7.89. The lowest BCUT2D eigenvalue weighted by molar-refractivity contribution is 0.519. The summed E-state index contributed by atoms with van der Waals surface area (Å²) in [6, 6.07) is 4.63. The Labute approximate surface area is 119 Å². The summed E-state index contributed by atoms with van der Waals surface area (Å²) in [6.45, 7) is 0.744. The van der Waals surface area contributed by atoms with Gasteiger partial charge in [-0.15, -0.1) is 0 Å². The van der Waals surface area contributed by atoms with Crippen LogP contribution in [0, 0.1) is 5.92 Å². The number of hydrogen-bond donors (Lipinski definition) is 2. The van der Waals surface area contributed by atoms with Gasteiger partial charge in [0.05, 0.1) is 4.90 Å². The van der Waals surface area contributed by atoms with E-state index in [0.717, 1.165) is 12.8 Å². The number of hydrogen-bond acceptors (Lipinski definition) is 3. The van der Waals surface area contributed by atoms with E-state index < -0.39 is 10.0 Å². The minimum Gasteiger partial charge on any atom is -0.326 e. The summed E-state index contributed by atoms with van der Waals surface area (Å²) in [4.78, 5) is 0.232. The molecule has 0 aromatic heterocycles. The van der Waals surface area contributed by atoms with Crippen molar-refractivity contribution in [2.75, 3.05) is 6.54 Å². The lowest BCUT2D eigenvalue weighted by Gasteiger charge is -2.12. The molecule has 1 aromatic carbocycles. The molecule has 0 heterocycles. The van der Waals surface area contributed by atoms with Gasteiger partial charge in [0.1, 0.15) is 0 Å². The molecule has 0 spiro atoms. The highest BCUT2D eigenvalue weighted by Gasteiger charge is 2.20. The number of nitrogens with one attached hydrogen (secondary N) is 1. The van der Waals surface area contributed by atoms with E-state index in [9.17, 15) is 8.42 Å². The first-order valence-electron chi connectivity index (χ1n) is 6.51. The summed E-state index contributed by atoms with van der Waals surface area (Å²) < 4.78 is 27.0. The molecule has 0 saturated heterocycles. The predicted molar refractivity (Wildman–Crippen MR) is 76.5 cm³/mol. The van der Waals surface area contributed by atoms with Crippen LogP contribution in [0.1, 0.15) is 31.2 Å². The molecule has 2 rings (SSSR count). The molecule has 1 saturated carbocycles. The second kappa shape index (κ2) is 6.22. The van der Waals surface area contributed by atoms with Crippen LogP contribution >= 0.6 is 11.6 Å². The number of nitrogens with two attached hydrogens (primary N) is 1. The molecule has 19 heavy (non-hydrogen) atoms. The van der Waals surface area contributed by atoms with Crippen LogP contribution < -0.4 is 10.5 Å². The maximum atomic E-state index is 12.2. The Balaban J connectivity index is 2.10. The molecule has 1 fully saturated rings. The standard InChI is InChI=1S/C13H19ClN2O2S/c14-13-6-5-12(7-11(13)8-15)19(17,18)16-9-10-3-1-2-4-10/h5-7,10,16H,1-4,8-9,15H2. The maximum Gasteiger partial charge on any atom is 0.240 e. The molecule has 4 nitrogen and oxygen atoms in total. The first kappa shape index (κ1) is 14.8. The average Bonchev–Trinajstić information content (AvgIpc) is 2.90. The third-order valence-electron chi connectivity index (χ3n) is 3.58. The van der Waals surface area contributed by atoms with Crippen molar-refractivity contribution in [1.82, 2.24) is 4.72 Å². The van der Waals surface area contributed by atoms with Gasteiger partial charge in [0.2, 0.25) is 10.0 Å². The molecular weight excluding hydrogens is 284 g/mol. The van der Waals surface area contributed by atoms with Gasteiger partial charge in [-0.25, -0.2) is 13.1 Å². The van der Waals surface area contributed by atoms with Crippen LogP contribution in [0.3, 0.4) is 0 Å². The molecule has 0 radical (unpaired) electrons. The van der Waals surface area contributed by atoms with Crippen LogP contribution in [0.25, 0.3) is 0 Å². The van der Waals surface area contributed by atoms with Gasteiger partial charge in [-0.1, -0.05) is 24.4 Å². The Kier molecular flexibility index (Phi) is 4.84. The van der Waals surface area contributed by atoms with Crippen LogP contribution in [-0.2, 0) is 16.6 Å². The van der Waals surface area contributed by atoms with Crippen LogP contribution in [0.5, 0.6) is 0 Å². The summed E-state index contributed by atoms with van der Waals surface area (Å²) in [5.41, 5.74) is 6.18. The highest BCUT2D eigenvalue weighted by Crippen LogP contribution is 2.25. The van der Waals surface area contributed by atoms with E-state index in [1.54, 1.807) is 12.1 Å². The van der Waals surface area contributed by atoms with Crippen LogP contribution in [0.4, 0.5) is 0 Å². The predicted octanol–water partition coefficient (Wildman–Crippen LogP) is 2.27. The summed E-state index contributed by atoms with van der Waals surface area (Å²) in [7, 11) is -3.46. The van der Waals surface area contributed by atoms with Gasteiger partial charge in [0, 0.05) is 18.1 Å². The summed E-state index contributed by atoms with van der Waals surface area (Å²) >= 11 is 5.93. The Hall–Kier alpha value is -0.620. The second-order valence-electron chi connectivity index (χ2n) is 4.96.